The van der Waals surface area contributed by atoms with E-state index < -0.39 is 17.3 Å². The van der Waals surface area contributed by atoms with Crippen LogP contribution in [-0.2, 0) is 12.6 Å². The molecule has 0 spiro atoms. The summed E-state index contributed by atoms with van der Waals surface area (Å²) in [5.41, 5.74) is 0.831. The first-order valence-corrected chi connectivity index (χ1v) is 6.93. The average molecular weight is 352 g/mol. The molecule has 2 nitrogen and oxygen atoms in total. The fourth-order valence-electron chi connectivity index (χ4n) is 1.54. The Kier molecular flexibility index (Phi) is 4.27. The molecule has 0 saturated heterocycles. The summed E-state index contributed by atoms with van der Waals surface area (Å²) in [6, 6.07) is 7.25. The summed E-state index contributed by atoms with van der Waals surface area (Å²) in [7, 11) is 0. The normalized spacial score (nSPS) is 13.5. The molecule has 1 N–H and O–H groups in total. The van der Waals surface area contributed by atoms with E-state index in [1.807, 2.05) is 12.1 Å². The molecule has 0 bridgehead atoms. The Morgan fingerprint density at radius 3 is 2.58 bits per heavy atom. The van der Waals surface area contributed by atoms with E-state index in [4.69, 9.17) is 0 Å². The van der Waals surface area contributed by atoms with Crippen molar-refractivity contribution in [1.29, 1.82) is 0 Å². The fraction of sp³-hybridized carbons (Fsp3) is 0.250. The summed E-state index contributed by atoms with van der Waals surface area (Å²) in [5.74, 6) is 0. The molecule has 0 aliphatic carbocycles. The highest BCUT2D eigenvalue weighted by Crippen LogP contribution is 2.35. The van der Waals surface area contributed by atoms with Crippen LogP contribution in [0.1, 0.15) is 21.6 Å². The van der Waals surface area contributed by atoms with E-state index >= 15 is 0 Å². The van der Waals surface area contributed by atoms with Crippen LogP contribution in [0.5, 0.6) is 0 Å². The molecule has 1 aromatic heterocycles. The molecule has 0 fully saturated rings. The van der Waals surface area contributed by atoms with Crippen molar-refractivity contribution in [3.05, 3.63) is 50.4 Å². The molecule has 19 heavy (non-hydrogen) atoms. The SMILES string of the molecule is OC(Cc1ccccc1Br)c1cnc(C(F)(F)F)s1. The Morgan fingerprint density at radius 2 is 2.00 bits per heavy atom. The van der Waals surface area contributed by atoms with Gasteiger partial charge in [-0.1, -0.05) is 34.1 Å². The van der Waals surface area contributed by atoms with Crippen molar-refractivity contribution in [2.45, 2.75) is 18.7 Å². The number of nitrogens with zero attached hydrogens (tertiary/aromatic N) is 1. The number of hydrogen-bond donors (Lipinski definition) is 1. The van der Waals surface area contributed by atoms with Crippen LogP contribution in [0.15, 0.2) is 34.9 Å². The highest BCUT2D eigenvalue weighted by molar-refractivity contribution is 9.10. The Balaban J connectivity index is 2.15. The molecule has 1 unspecified atom stereocenters. The smallest absolute Gasteiger partial charge is 0.387 e. The lowest BCUT2D eigenvalue weighted by Gasteiger charge is -2.09. The minimum atomic E-state index is -4.46. The van der Waals surface area contributed by atoms with Gasteiger partial charge in [-0.05, 0) is 11.6 Å². The molecule has 0 radical (unpaired) electrons. The molecule has 0 aliphatic rings. The van der Waals surface area contributed by atoms with Crippen molar-refractivity contribution < 1.29 is 18.3 Å². The molecule has 0 aliphatic heterocycles. The second kappa shape index (κ2) is 5.60. The molecule has 1 aromatic carbocycles. The Hall–Kier alpha value is -0.920. The van der Waals surface area contributed by atoms with E-state index in [0.29, 0.717) is 11.3 Å². The average Bonchev–Trinajstić information content (AvgIpc) is 2.81. The van der Waals surface area contributed by atoms with Crippen LogP contribution >= 0.6 is 27.3 Å². The second-order valence-electron chi connectivity index (χ2n) is 3.88. The highest BCUT2D eigenvalue weighted by atomic mass is 79.9. The number of halogens is 4. The van der Waals surface area contributed by atoms with Crippen molar-refractivity contribution in [3.8, 4) is 0 Å². The van der Waals surface area contributed by atoms with Gasteiger partial charge in [0.05, 0.1) is 11.0 Å². The highest BCUT2D eigenvalue weighted by Gasteiger charge is 2.35. The largest absolute Gasteiger partial charge is 0.443 e. The summed E-state index contributed by atoms with van der Waals surface area (Å²) in [4.78, 5) is 3.51. The van der Waals surface area contributed by atoms with Gasteiger partial charge in [0.2, 0.25) is 0 Å². The first-order chi connectivity index (χ1) is 8.88. The van der Waals surface area contributed by atoms with E-state index in [2.05, 4.69) is 20.9 Å². The van der Waals surface area contributed by atoms with Gasteiger partial charge in [-0.2, -0.15) is 13.2 Å². The first kappa shape index (κ1) is 14.5. The van der Waals surface area contributed by atoms with Crippen LogP contribution in [0.4, 0.5) is 13.2 Å². The number of aliphatic hydroxyl groups is 1. The molecule has 0 amide bonds. The van der Waals surface area contributed by atoms with Crippen LogP contribution in [0.25, 0.3) is 0 Å². The summed E-state index contributed by atoms with van der Waals surface area (Å²) in [6.45, 7) is 0. The zero-order valence-electron chi connectivity index (χ0n) is 9.49. The third-order valence-corrected chi connectivity index (χ3v) is 4.38. The number of aromatic nitrogens is 1. The van der Waals surface area contributed by atoms with Crippen LogP contribution < -0.4 is 0 Å². The van der Waals surface area contributed by atoms with Crippen molar-refractivity contribution in [2.75, 3.05) is 0 Å². The molecular weight excluding hydrogens is 343 g/mol. The van der Waals surface area contributed by atoms with Gasteiger partial charge < -0.3 is 5.11 Å². The van der Waals surface area contributed by atoms with Crippen molar-refractivity contribution in [1.82, 2.24) is 4.98 Å². The maximum absolute atomic E-state index is 12.4. The molecule has 2 aromatic rings. The lowest BCUT2D eigenvalue weighted by Crippen LogP contribution is -2.03. The Bertz CT molecular complexity index is 570. The predicted octanol–water partition coefficient (Wildman–Crippen LogP) is 4.20. The van der Waals surface area contributed by atoms with Crippen molar-refractivity contribution in [2.24, 2.45) is 0 Å². The zero-order valence-corrected chi connectivity index (χ0v) is 11.9. The molecule has 0 saturated carbocycles. The van der Waals surface area contributed by atoms with Gasteiger partial charge in [0.25, 0.3) is 0 Å². The van der Waals surface area contributed by atoms with E-state index in [1.165, 1.54) is 0 Å². The molecule has 102 valence electrons. The van der Waals surface area contributed by atoms with Crippen LogP contribution in [0.3, 0.4) is 0 Å². The lowest BCUT2D eigenvalue weighted by atomic mass is 10.1. The predicted molar refractivity (Wildman–Crippen MR) is 69.9 cm³/mol. The van der Waals surface area contributed by atoms with E-state index in [0.717, 1.165) is 16.2 Å². The summed E-state index contributed by atoms with van der Waals surface area (Å²) >= 11 is 3.80. The van der Waals surface area contributed by atoms with Crippen LogP contribution in [-0.4, -0.2) is 10.1 Å². The van der Waals surface area contributed by atoms with E-state index in [1.54, 1.807) is 12.1 Å². The number of aliphatic hydroxyl groups excluding tert-OH is 1. The minimum Gasteiger partial charge on any atom is -0.387 e. The van der Waals surface area contributed by atoms with E-state index in [-0.39, 0.29) is 11.3 Å². The number of rotatable bonds is 3. The van der Waals surface area contributed by atoms with Gasteiger partial charge in [0.1, 0.15) is 0 Å². The number of thiazole rings is 1. The molecule has 1 atom stereocenters. The molecular formula is C12H9BrF3NOS. The van der Waals surface area contributed by atoms with E-state index in [9.17, 15) is 18.3 Å². The second-order valence-corrected chi connectivity index (χ2v) is 5.79. The molecule has 2 rings (SSSR count). The number of benzene rings is 1. The minimum absolute atomic E-state index is 0.211. The van der Waals surface area contributed by atoms with Crippen LogP contribution in [0, 0.1) is 0 Å². The standard InChI is InChI=1S/C12H9BrF3NOS/c13-8-4-2-1-3-7(8)5-9(18)10-6-17-11(19-10)12(14,15)16/h1-4,6,9,18H,5H2. The monoisotopic (exact) mass is 351 g/mol. The summed E-state index contributed by atoms with van der Waals surface area (Å²) in [6.07, 6.45) is -4.14. The first-order valence-electron chi connectivity index (χ1n) is 5.32. The van der Waals surface area contributed by atoms with Gasteiger partial charge >= 0.3 is 6.18 Å². The number of hydrogen-bond acceptors (Lipinski definition) is 3. The molecule has 1 heterocycles. The van der Waals surface area contributed by atoms with Gasteiger partial charge in [0, 0.05) is 17.1 Å². The number of alkyl halides is 3. The van der Waals surface area contributed by atoms with Crippen molar-refractivity contribution in [3.63, 3.8) is 0 Å². The van der Waals surface area contributed by atoms with Crippen LogP contribution in [0.2, 0.25) is 0 Å². The Morgan fingerprint density at radius 1 is 1.32 bits per heavy atom. The summed E-state index contributed by atoms with van der Waals surface area (Å²) in [5, 5.41) is 9.02. The third kappa shape index (κ3) is 3.55. The third-order valence-electron chi connectivity index (χ3n) is 2.47. The Labute approximate surface area is 120 Å². The fourth-order valence-corrected chi connectivity index (χ4v) is 2.76. The van der Waals surface area contributed by atoms with Gasteiger partial charge in [0.15, 0.2) is 5.01 Å². The summed E-state index contributed by atoms with van der Waals surface area (Å²) < 4.78 is 38.1. The quantitative estimate of drug-likeness (QED) is 0.898. The maximum Gasteiger partial charge on any atom is 0.443 e. The van der Waals surface area contributed by atoms with Gasteiger partial charge in [-0.3, -0.25) is 0 Å². The zero-order chi connectivity index (χ0) is 14.0. The van der Waals surface area contributed by atoms with Gasteiger partial charge in [-0.25, -0.2) is 4.98 Å². The molecule has 7 heteroatoms. The lowest BCUT2D eigenvalue weighted by molar-refractivity contribution is -0.137. The van der Waals surface area contributed by atoms with Gasteiger partial charge in [-0.15, -0.1) is 11.3 Å². The van der Waals surface area contributed by atoms with Crippen molar-refractivity contribution >= 4 is 27.3 Å². The maximum atomic E-state index is 12.4. The topological polar surface area (TPSA) is 33.1 Å².